The van der Waals surface area contributed by atoms with Crippen LogP contribution in [-0.4, -0.2) is 22.3 Å². The van der Waals surface area contributed by atoms with Crippen LogP contribution in [0.2, 0.25) is 0 Å². The maximum Gasteiger partial charge on any atom is 0.270 e. The van der Waals surface area contributed by atoms with Crippen LogP contribution in [0.25, 0.3) is 6.08 Å². The van der Waals surface area contributed by atoms with Crippen LogP contribution in [0.4, 0.5) is 11.4 Å². The van der Waals surface area contributed by atoms with Crippen molar-refractivity contribution in [2.24, 2.45) is 0 Å². The number of hydrogen-bond donors (Lipinski definition) is 0. The first-order valence-corrected chi connectivity index (χ1v) is 12.2. The van der Waals surface area contributed by atoms with Crippen molar-refractivity contribution in [2.45, 2.75) is 6.61 Å². The molecule has 0 atom stereocenters. The van der Waals surface area contributed by atoms with Gasteiger partial charge in [0, 0.05) is 12.1 Å². The summed E-state index contributed by atoms with van der Waals surface area (Å²) < 4.78 is 12.7. The molecule has 0 aliphatic carbocycles. The van der Waals surface area contributed by atoms with Crippen LogP contribution in [0.3, 0.4) is 0 Å². The number of thioether (sulfide) groups is 1. The Balaban J connectivity index is 1.57. The van der Waals surface area contributed by atoms with Gasteiger partial charge in [-0.3, -0.25) is 19.8 Å². The van der Waals surface area contributed by atoms with E-state index in [9.17, 15) is 14.9 Å². The van der Waals surface area contributed by atoms with Gasteiger partial charge in [-0.2, -0.15) is 0 Å². The molecule has 0 spiro atoms. The summed E-state index contributed by atoms with van der Waals surface area (Å²) in [5, 5.41) is 10.9. The minimum absolute atomic E-state index is 0.0547. The molecule has 3 aromatic rings. The van der Waals surface area contributed by atoms with E-state index in [4.69, 9.17) is 21.7 Å². The molecule has 34 heavy (non-hydrogen) atoms. The molecule has 1 fully saturated rings. The van der Waals surface area contributed by atoms with Crippen LogP contribution in [-0.2, 0) is 11.4 Å². The minimum Gasteiger partial charge on any atom is -0.493 e. The summed E-state index contributed by atoms with van der Waals surface area (Å²) in [6.07, 6.45) is 1.75. The van der Waals surface area contributed by atoms with E-state index in [0.717, 1.165) is 14.7 Å². The van der Waals surface area contributed by atoms with Crippen molar-refractivity contribution in [1.82, 2.24) is 0 Å². The lowest BCUT2D eigenvalue weighted by molar-refractivity contribution is -0.384. The molecule has 0 bridgehead atoms. The fraction of sp³-hybridized carbons (Fsp3) is 0.0833. The molecule has 0 unspecified atom stereocenters. The molecule has 1 saturated heterocycles. The Hall–Kier alpha value is -2.96. The number of nitrogens with zero attached hydrogens (tertiary/aromatic N) is 2. The molecule has 0 N–H and O–H groups in total. The van der Waals surface area contributed by atoms with E-state index in [2.05, 4.69) is 22.6 Å². The van der Waals surface area contributed by atoms with Crippen molar-refractivity contribution in [1.29, 1.82) is 0 Å². The van der Waals surface area contributed by atoms with Gasteiger partial charge in [-0.05, 0) is 64.1 Å². The van der Waals surface area contributed by atoms with Gasteiger partial charge in [0.25, 0.3) is 11.6 Å². The van der Waals surface area contributed by atoms with Crippen LogP contribution >= 0.6 is 46.6 Å². The van der Waals surface area contributed by atoms with Gasteiger partial charge in [0.05, 0.1) is 26.2 Å². The van der Waals surface area contributed by atoms with Crippen molar-refractivity contribution >= 4 is 74.2 Å². The predicted octanol–water partition coefficient (Wildman–Crippen LogP) is 6.19. The van der Waals surface area contributed by atoms with E-state index in [0.29, 0.717) is 33.0 Å². The van der Waals surface area contributed by atoms with Crippen LogP contribution in [0.1, 0.15) is 11.1 Å². The number of thiocarbonyl (C=S) groups is 1. The standard InChI is InChI=1S/C24H17IN2O5S2/c1-31-20-12-16(11-19(25)22(20)32-14-15-5-3-2-4-6-15)13-21-23(28)26(24(33)34-21)17-7-9-18(10-8-17)27(29)30/h2-13H,14H2,1H3/b21-13-. The maximum atomic E-state index is 13.1. The van der Waals surface area contributed by atoms with Gasteiger partial charge in [0.2, 0.25) is 0 Å². The zero-order valence-corrected chi connectivity index (χ0v) is 21.6. The number of carbonyl (C=O) groups excluding carboxylic acids is 1. The fourth-order valence-corrected chi connectivity index (χ4v) is 5.34. The highest BCUT2D eigenvalue weighted by molar-refractivity contribution is 14.1. The number of ether oxygens (including phenoxy) is 2. The van der Waals surface area contributed by atoms with Gasteiger partial charge < -0.3 is 9.47 Å². The van der Waals surface area contributed by atoms with Gasteiger partial charge in [0.1, 0.15) is 6.61 Å². The lowest BCUT2D eigenvalue weighted by Crippen LogP contribution is -2.27. The minimum atomic E-state index is -0.490. The third-order valence-corrected chi connectivity index (χ3v) is 6.99. The summed E-state index contributed by atoms with van der Waals surface area (Å²) >= 11 is 8.75. The van der Waals surface area contributed by atoms with E-state index in [1.165, 1.54) is 40.9 Å². The van der Waals surface area contributed by atoms with Crippen molar-refractivity contribution in [3.63, 3.8) is 0 Å². The first-order chi connectivity index (χ1) is 16.4. The Kier molecular flexibility index (Phi) is 7.49. The highest BCUT2D eigenvalue weighted by atomic mass is 127. The predicted molar refractivity (Wildman–Crippen MR) is 145 cm³/mol. The van der Waals surface area contributed by atoms with E-state index >= 15 is 0 Å². The second-order valence-corrected chi connectivity index (χ2v) is 9.94. The molecule has 0 aromatic heterocycles. The van der Waals surface area contributed by atoms with Crippen molar-refractivity contribution in [3.05, 3.63) is 96.4 Å². The normalized spacial score (nSPS) is 14.5. The molecule has 7 nitrogen and oxygen atoms in total. The number of anilines is 1. The zero-order chi connectivity index (χ0) is 24.2. The van der Waals surface area contributed by atoms with Gasteiger partial charge >= 0.3 is 0 Å². The summed E-state index contributed by atoms with van der Waals surface area (Å²) in [6, 6.07) is 19.3. The van der Waals surface area contributed by atoms with Crippen LogP contribution in [0.5, 0.6) is 11.5 Å². The molecular formula is C24H17IN2O5S2. The number of nitro groups is 1. The van der Waals surface area contributed by atoms with Gasteiger partial charge in [-0.25, -0.2) is 0 Å². The summed E-state index contributed by atoms with van der Waals surface area (Å²) in [5.74, 6) is 0.893. The second-order valence-electron chi connectivity index (χ2n) is 7.10. The smallest absolute Gasteiger partial charge is 0.270 e. The highest BCUT2D eigenvalue weighted by Gasteiger charge is 2.33. The summed E-state index contributed by atoms with van der Waals surface area (Å²) in [6.45, 7) is 0.403. The summed E-state index contributed by atoms with van der Waals surface area (Å²) in [5.41, 5.74) is 2.23. The molecule has 3 aromatic carbocycles. The number of non-ortho nitro benzene ring substituents is 1. The summed E-state index contributed by atoms with van der Waals surface area (Å²) in [4.78, 5) is 25.3. The van der Waals surface area contributed by atoms with Crippen molar-refractivity contribution < 1.29 is 19.2 Å². The second kappa shape index (κ2) is 10.5. The molecule has 10 heteroatoms. The number of carbonyl (C=O) groups is 1. The maximum absolute atomic E-state index is 13.1. The molecule has 1 heterocycles. The Bertz CT molecular complexity index is 1300. The third kappa shape index (κ3) is 5.24. The van der Waals surface area contributed by atoms with Gasteiger partial charge in [-0.15, -0.1) is 0 Å². The molecule has 0 radical (unpaired) electrons. The van der Waals surface area contributed by atoms with Crippen LogP contribution in [0.15, 0.2) is 71.6 Å². The third-order valence-electron chi connectivity index (χ3n) is 4.89. The molecule has 1 aliphatic rings. The van der Waals surface area contributed by atoms with Crippen molar-refractivity contribution in [2.75, 3.05) is 12.0 Å². The Morgan fingerprint density at radius 1 is 1.15 bits per heavy atom. The number of halogens is 1. The van der Waals surface area contributed by atoms with E-state index in [1.807, 2.05) is 36.4 Å². The Morgan fingerprint density at radius 2 is 1.85 bits per heavy atom. The first-order valence-electron chi connectivity index (χ1n) is 9.94. The van der Waals surface area contributed by atoms with Crippen LogP contribution in [0, 0.1) is 13.7 Å². The lowest BCUT2D eigenvalue weighted by Gasteiger charge is -2.14. The molecule has 172 valence electrons. The number of nitro benzene ring substituents is 1. The first kappa shape index (κ1) is 24.2. The van der Waals surface area contributed by atoms with E-state index in [1.54, 1.807) is 19.3 Å². The number of benzene rings is 3. The van der Waals surface area contributed by atoms with Crippen molar-refractivity contribution in [3.8, 4) is 11.5 Å². The highest BCUT2D eigenvalue weighted by Crippen LogP contribution is 2.39. The lowest BCUT2D eigenvalue weighted by atomic mass is 10.1. The topological polar surface area (TPSA) is 81.9 Å². The molecule has 1 aliphatic heterocycles. The van der Waals surface area contributed by atoms with E-state index in [-0.39, 0.29) is 11.6 Å². The number of rotatable bonds is 7. The summed E-state index contributed by atoms with van der Waals surface area (Å²) in [7, 11) is 1.57. The number of hydrogen-bond acceptors (Lipinski definition) is 7. The Labute approximate surface area is 219 Å². The number of methoxy groups -OCH3 is 1. The Morgan fingerprint density at radius 3 is 2.50 bits per heavy atom. The fourth-order valence-electron chi connectivity index (χ4n) is 3.26. The average Bonchev–Trinajstić information content (AvgIpc) is 3.11. The van der Waals surface area contributed by atoms with E-state index < -0.39 is 4.92 Å². The largest absolute Gasteiger partial charge is 0.493 e. The zero-order valence-electron chi connectivity index (χ0n) is 17.8. The van der Waals surface area contributed by atoms with Gasteiger partial charge in [-0.1, -0.05) is 54.3 Å². The van der Waals surface area contributed by atoms with Crippen LogP contribution < -0.4 is 14.4 Å². The quantitative estimate of drug-likeness (QED) is 0.105. The molecule has 1 amide bonds. The molecule has 0 saturated carbocycles. The number of amides is 1. The molecular weight excluding hydrogens is 587 g/mol. The SMILES string of the molecule is COc1cc(/C=C2\SC(=S)N(c3ccc([N+](=O)[O-])cc3)C2=O)cc(I)c1OCc1ccccc1. The monoisotopic (exact) mass is 604 g/mol. The molecule has 4 rings (SSSR count). The average molecular weight is 604 g/mol. The van der Waals surface area contributed by atoms with Gasteiger partial charge in [0.15, 0.2) is 15.8 Å².